The summed E-state index contributed by atoms with van der Waals surface area (Å²) in [4.78, 5) is 11.5. The minimum absolute atomic E-state index is 0.206. The Balaban J connectivity index is 4.73. The van der Waals surface area contributed by atoms with E-state index < -0.39 is 0 Å². The van der Waals surface area contributed by atoms with Crippen molar-refractivity contribution >= 4 is 5.97 Å². The summed E-state index contributed by atoms with van der Waals surface area (Å²) in [5.41, 5.74) is 1.41. The van der Waals surface area contributed by atoms with Crippen LogP contribution in [-0.4, -0.2) is 12.6 Å². The van der Waals surface area contributed by atoms with Crippen molar-refractivity contribution in [3.63, 3.8) is 0 Å². The molecule has 0 aromatic heterocycles. The van der Waals surface area contributed by atoms with Gasteiger partial charge in [-0.15, -0.1) is 0 Å². The third kappa shape index (κ3) is 6.65. The summed E-state index contributed by atoms with van der Waals surface area (Å²) < 4.78 is 4.97. The molecule has 0 aliphatic heterocycles. The fourth-order valence-electron chi connectivity index (χ4n) is 1.58. The lowest BCUT2D eigenvalue weighted by atomic mass is 9.82. The average Bonchev–Trinajstić information content (AvgIpc) is 2.13. The van der Waals surface area contributed by atoms with Gasteiger partial charge in [-0.1, -0.05) is 40.2 Å². The van der Waals surface area contributed by atoms with Crippen molar-refractivity contribution < 1.29 is 9.53 Å². The van der Waals surface area contributed by atoms with E-state index in [0.717, 1.165) is 12.8 Å². The first-order chi connectivity index (χ1) is 7.30. The quantitative estimate of drug-likeness (QED) is 0.524. The predicted octanol–water partition coefficient (Wildman–Crippen LogP) is 3.96. The van der Waals surface area contributed by atoms with Crippen molar-refractivity contribution in [2.24, 2.45) is 11.3 Å². The second-order valence-corrected chi connectivity index (χ2v) is 5.52. The lowest BCUT2D eigenvalue weighted by Crippen LogP contribution is -2.13. The van der Waals surface area contributed by atoms with Crippen LogP contribution in [0.1, 0.15) is 54.4 Å². The molecule has 0 rings (SSSR count). The average molecular weight is 226 g/mol. The molecule has 0 aliphatic carbocycles. The van der Waals surface area contributed by atoms with Crippen LogP contribution in [0.5, 0.6) is 0 Å². The summed E-state index contributed by atoms with van der Waals surface area (Å²) in [5.74, 6) is 0.241. The van der Waals surface area contributed by atoms with Gasteiger partial charge in [-0.2, -0.15) is 0 Å². The van der Waals surface area contributed by atoms with Gasteiger partial charge in [-0.3, -0.25) is 0 Å². The second kappa shape index (κ2) is 6.72. The Hall–Kier alpha value is -0.790. The smallest absolute Gasteiger partial charge is 0.330 e. The van der Waals surface area contributed by atoms with E-state index in [-0.39, 0.29) is 11.4 Å². The van der Waals surface area contributed by atoms with Crippen LogP contribution in [-0.2, 0) is 9.53 Å². The molecule has 94 valence electrons. The molecule has 2 heteroatoms. The van der Waals surface area contributed by atoms with Crippen LogP contribution in [0, 0.1) is 11.3 Å². The van der Waals surface area contributed by atoms with Gasteiger partial charge in [0.05, 0.1) is 6.61 Å². The van der Waals surface area contributed by atoms with E-state index in [2.05, 4.69) is 34.6 Å². The fraction of sp³-hybridized carbons (Fsp3) is 0.786. The van der Waals surface area contributed by atoms with Crippen LogP contribution in [0.4, 0.5) is 0 Å². The molecule has 1 unspecified atom stereocenters. The molecule has 16 heavy (non-hydrogen) atoms. The fourth-order valence-corrected chi connectivity index (χ4v) is 1.58. The van der Waals surface area contributed by atoms with Crippen LogP contribution in [0.2, 0.25) is 0 Å². The Bertz CT molecular complexity index is 246. The summed E-state index contributed by atoms with van der Waals surface area (Å²) in [6.07, 6.45) is 3.69. The number of carbonyl (C=O) groups is 1. The van der Waals surface area contributed by atoms with Crippen LogP contribution < -0.4 is 0 Å². The molecular weight excluding hydrogens is 200 g/mol. The van der Waals surface area contributed by atoms with Gasteiger partial charge < -0.3 is 4.74 Å². The molecule has 2 nitrogen and oxygen atoms in total. The third-order valence-electron chi connectivity index (χ3n) is 2.57. The molecule has 0 amide bonds. The number of hydrogen-bond acceptors (Lipinski definition) is 2. The lowest BCUT2D eigenvalue weighted by molar-refractivity contribution is -0.137. The standard InChI is InChI=1S/C14H26O2/c1-7-11(3)12(10-14(4,5)6)9-13(15)16-8-2/h9,11H,7-8,10H2,1-6H3. The number of allylic oxidation sites excluding steroid dienone is 1. The molecule has 0 radical (unpaired) electrons. The van der Waals surface area contributed by atoms with Gasteiger partial charge in [0.2, 0.25) is 0 Å². The predicted molar refractivity (Wildman–Crippen MR) is 68.2 cm³/mol. The molecule has 0 aliphatic rings. The molecule has 0 N–H and O–H groups in total. The van der Waals surface area contributed by atoms with E-state index in [1.807, 2.05) is 6.92 Å². The molecule has 0 aromatic carbocycles. The number of carbonyl (C=O) groups excluding carboxylic acids is 1. The van der Waals surface area contributed by atoms with E-state index in [1.54, 1.807) is 6.08 Å². The van der Waals surface area contributed by atoms with E-state index >= 15 is 0 Å². The Morgan fingerprint density at radius 3 is 2.25 bits per heavy atom. The maximum absolute atomic E-state index is 11.5. The van der Waals surface area contributed by atoms with E-state index in [0.29, 0.717) is 12.5 Å². The zero-order valence-corrected chi connectivity index (χ0v) is 11.6. The molecule has 0 heterocycles. The third-order valence-corrected chi connectivity index (χ3v) is 2.57. The van der Waals surface area contributed by atoms with Crippen molar-refractivity contribution in [3.05, 3.63) is 11.6 Å². The SMILES string of the molecule is CCOC(=O)C=C(CC(C)(C)C)C(C)CC. The minimum Gasteiger partial charge on any atom is -0.463 e. The van der Waals surface area contributed by atoms with Crippen molar-refractivity contribution in [1.29, 1.82) is 0 Å². The highest BCUT2D eigenvalue weighted by molar-refractivity contribution is 5.82. The van der Waals surface area contributed by atoms with Crippen LogP contribution >= 0.6 is 0 Å². The number of hydrogen-bond donors (Lipinski definition) is 0. The van der Waals surface area contributed by atoms with Crippen molar-refractivity contribution in [2.45, 2.75) is 54.4 Å². The largest absolute Gasteiger partial charge is 0.463 e. The van der Waals surface area contributed by atoms with Crippen LogP contribution in [0.3, 0.4) is 0 Å². The Kier molecular flexibility index (Phi) is 6.39. The van der Waals surface area contributed by atoms with Gasteiger partial charge >= 0.3 is 5.97 Å². The van der Waals surface area contributed by atoms with Crippen molar-refractivity contribution in [1.82, 2.24) is 0 Å². The minimum atomic E-state index is -0.206. The molecule has 0 bridgehead atoms. The maximum Gasteiger partial charge on any atom is 0.330 e. The van der Waals surface area contributed by atoms with Gasteiger partial charge in [-0.05, 0) is 31.1 Å². The summed E-state index contributed by atoms with van der Waals surface area (Å²) >= 11 is 0. The molecule has 1 atom stereocenters. The topological polar surface area (TPSA) is 26.3 Å². The number of ether oxygens (including phenoxy) is 1. The van der Waals surface area contributed by atoms with Crippen molar-refractivity contribution in [3.8, 4) is 0 Å². The van der Waals surface area contributed by atoms with Gasteiger partial charge in [0.25, 0.3) is 0 Å². The zero-order chi connectivity index (χ0) is 12.8. The summed E-state index contributed by atoms with van der Waals surface area (Å²) in [5, 5.41) is 0. The molecule has 0 saturated carbocycles. The van der Waals surface area contributed by atoms with Gasteiger partial charge in [0.1, 0.15) is 0 Å². The summed E-state index contributed by atoms with van der Waals surface area (Å²) in [6.45, 7) is 13.2. The van der Waals surface area contributed by atoms with Gasteiger partial charge in [-0.25, -0.2) is 4.79 Å². The van der Waals surface area contributed by atoms with Gasteiger partial charge in [0.15, 0.2) is 0 Å². The number of esters is 1. The molecule has 0 aromatic rings. The highest BCUT2D eigenvalue weighted by Gasteiger charge is 2.18. The molecule has 0 fully saturated rings. The molecule has 0 spiro atoms. The van der Waals surface area contributed by atoms with Gasteiger partial charge in [0, 0.05) is 6.08 Å². The first-order valence-corrected chi connectivity index (χ1v) is 6.17. The van der Waals surface area contributed by atoms with Crippen molar-refractivity contribution in [2.75, 3.05) is 6.61 Å². The second-order valence-electron chi connectivity index (χ2n) is 5.52. The highest BCUT2D eigenvalue weighted by Crippen LogP contribution is 2.29. The molecular formula is C14H26O2. The van der Waals surface area contributed by atoms with Crippen LogP contribution in [0.25, 0.3) is 0 Å². The normalized spacial score (nSPS) is 14.8. The Morgan fingerprint density at radius 2 is 1.88 bits per heavy atom. The Morgan fingerprint density at radius 1 is 1.31 bits per heavy atom. The number of rotatable bonds is 5. The molecule has 0 saturated heterocycles. The first-order valence-electron chi connectivity index (χ1n) is 6.17. The van der Waals surface area contributed by atoms with E-state index in [9.17, 15) is 4.79 Å². The zero-order valence-electron chi connectivity index (χ0n) is 11.6. The maximum atomic E-state index is 11.5. The highest BCUT2D eigenvalue weighted by atomic mass is 16.5. The Labute approximate surface area is 100 Å². The first kappa shape index (κ1) is 15.2. The van der Waals surface area contributed by atoms with Crippen LogP contribution in [0.15, 0.2) is 11.6 Å². The van der Waals surface area contributed by atoms with E-state index in [1.165, 1.54) is 5.57 Å². The monoisotopic (exact) mass is 226 g/mol. The lowest BCUT2D eigenvalue weighted by Gasteiger charge is -2.23. The summed E-state index contributed by atoms with van der Waals surface area (Å²) in [6, 6.07) is 0. The summed E-state index contributed by atoms with van der Waals surface area (Å²) in [7, 11) is 0. The van der Waals surface area contributed by atoms with E-state index in [4.69, 9.17) is 4.74 Å².